The van der Waals surface area contributed by atoms with E-state index < -0.39 is 41.6 Å². The molecule has 0 bridgehead atoms. The van der Waals surface area contributed by atoms with Gasteiger partial charge in [-0.15, -0.1) is 0 Å². The van der Waals surface area contributed by atoms with E-state index in [9.17, 15) is 23.6 Å². The van der Waals surface area contributed by atoms with Gasteiger partial charge in [0.15, 0.2) is 0 Å². The number of aromatic amines is 1. The van der Waals surface area contributed by atoms with Gasteiger partial charge in [-0.25, -0.2) is 9.18 Å². The number of methoxy groups -OCH3 is 1. The fraction of sp³-hybridized carbons (Fsp3) is 0.500. The summed E-state index contributed by atoms with van der Waals surface area (Å²) >= 11 is 5.89. The van der Waals surface area contributed by atoms with Crippen LogP contribution in [0.5, 0.6) is 0 Å². The van der Waals surface area contributed by atoms with Crippen molar-refractivity contribution in [2.24, 2.45) is 11.8 Å². The van der Waals surface area contributed by atoms with Crippen molar-refractivity contribution in [2.45, 2.75) is 50.6 Å². The van der Waals surface area contributed by atoms with Crippen LogP contribution in [0.4, 0.5) is 4.39 Å². The van der Waals surface area contributed by atoms with Gasteiger partial charge < -0.3 is 25.7 Å². The molecular weight excluding hydrogens is 479 g/mol. The Bertz CT molecular complexity index is 1150. The zero-order valence-corrected chi connectivity index (χ0v) is 20.0. The van der Waals surface area contributed by atoms with Gasteiger partial charge in [0, 0.05) is 22.9 Å². The van der Waals surface area contributed by atoms with Crippen molar-refractivity contribution in [3.63, 3.8) is 0 Å². The number of amides is 3. The number of nitrogens with one attached hydrogen (secondary N) is 4. The number of hydrogen-bond donors (Lipinski definition) is 4. The largest absolute Gasteiger partial charge is 0.467 e. The van der Waals surface area contributed by atoms with E-state index in [1.807, 2.05) is 0 Å². The van der Waals surface area contributed by atoms with Gasteiger partial charge in [0.25, 0.3) is 5.91 Å². The van der Waals surface area contributed by atoms with Gasteiger partial charge >= 0.3 is 5.97 Å². The lowest BCUT2D eigenvalue weighted by Gasteiger charge is -2.27. The van der Waals surface area contributed by atoms with Crippen LogP contribution in [0.3, 0.4) is 0 Å². The molecule has 0 radical (unpaired) electrons. The first-order chi connectivity index (χ1) is 16.7. The molecule has 11 heteroatoms. The Kier molecular flexibility index (Phi) is 7.59. The van der Waals surface area contributed by atoms with Gasteiger partial charge in [-0.2, -0.15) is 0 Å². The molecule has 1 aliphatic heterocycles. The predicted octanol–water partition coefficient (Wildman–Crippen LogP) is 2.43. The molecule has 2 fully saturated rings. The van der Waals surface area contributed by atoms with Crippen molar-refractivity contribution >= 4 is 46.2 Å². The van der Waals surface area contributed by atoms with Gasteiger partial charge in [-0.3, -0.25) is 14.4 Å². The molecule has 1 aromatic carbocycles. The van der Waals surface area contributed by atoms with E-state index in [0.29, 0.717) is 24.9 Å². The molecule has 9 nitrogen and oxygen atoms in total. The molecule has 2 heterocycles. The summed E-state index contributed by atoms with van der Waals surface area (Å²) in [6, 6.07) is 2.09. The third kappa shape index (κ3) is 6.11. The van der Waals surface area contributed by atoms with Crippen LogP contribution in [0.1, 0.15) is 49.0 Å². The standard InChI is InChI=1S/C24H28ClFN4O5/c1-35-24(34)20(8-13-3-2-6-27-21(13)31)30-22(32)18(7-12-4-5-12)29-23(33)19-11-15-16(26)9-14(25)10-17(15)28-19/h9-13,18,20,28H,2-8H2,1H3,(H,27,31)(H,29,33)(H,30,32)/t13-,18-,20-/m0/s1. The lowest BCUT2D eigenvalue weighted by Crippen LogP contribution is -2.53. The summed E-state index contributed by atoms with van der Waals surface area (Å²) in [5.74, 6) is -2.64. The number of halogens is 2. The van der Waals surface area contributed by atoms with Crippen LogP contribution >= 0.6 is 11.6 Å². The first-order valence-corrected chi connectivity index (χ1v) is 12.1. The Labute approximate surface area is 206 Å². The Morgan fingerprint density at radius 1 is 1.14 bits per heavy atom. The second-order valence-electron chi connectivity index (χ2n) is 9.19. The number of rotatable bonds is 9. The molecular formula is C24H28ClFN4O5. The number of carbonyl (C=O) groups excluding carboxylic acids is 4. The van der Waals surface area contributed by atoms with E-state index >= 15 is 0 Å². The summed E-state index contributed by atoms with van der Waals surface area (Å²) in [7, 11) is 1.22. The Morgan fingerprint density at radius 3 is 2.60 bits per heavy atom. The highest BCUT2D eigenvalue weighted by Crippen LogP contribution is 2.34. The SMILES string of the molecule is COC(=O)[C@H](C[C@@H]1CCCNC1=O)NC(=O)[C@H](CC1CC1)NC(=O)c1cc2c(F)cc(Cl)cc2[nH]1. The number of esters is 1. The summed E-state index contributed by atoms with van der Waals surface area (Å²) in [5.41, 5.74) is 0.443. The molecule has 1 aliphatic carbocycles. The van der Waals surface area contributed by atoms with Gasteiger partial charge in [0.05, 0.1) is 12.6 Å². The summed E-state index contributed by atoms with van der Waals surface area (Å²) in [5, 5.41) is 8.54. The number of benzene rings is 1. The lowest BCUT2D eigenvalue weighted by atomic mass is 9.91. The van der Waals surface area contributed by atoms with Crippen LogP contribution in [0.15, 0.2) is 18.2 Å². The van der Waals surface area contributed by atoms with Crippen LogP contribution in [-0.2, 0) is 19.1 Å². The lowest BCUT2D eigenvalue weighted by molar-refractivity contribution is -0.146. The zero-order chi connectivity index (χ0) is 25.1. The average Bonchev–Trinajstić information content (AvgIpc) is 3.54. The van der Waals surface area contributed by atoms with E-state index in [4.69, 9.17) is 16.3 Å². The van der Waals surface area contributed by atoms with Crippen LogP contribution in [0, 0.1) is 17.7 Å². The smallest absolute Gasteiger partial charge is 0.328 e. The molecule has 4 N–H and O–H groups in total. The number of ether oxygens (including phenoxy) is 1. The number of H-pyrrole nitrogens is 1. The van der Waals surface area contributed by atoms with Crippen molar-refractivity contribution in [3.8, 4) is 0 Å². The van der Waals surface area contributed by atoms with Crippen molar-refractivity contribution in [1.82, 2.24) is 20.9 Å². The van der Waals surface area contributed by atoms with Crippen molar-refractivity contribution in [2.75, 3.05) is 13.7 Å². The topological polar surface area (TPSA) is 129 Å². The number of aromatic nitrogens is 1. The molecule has 2 aliphatic rings. The highest BCUT2D eigenvalue weighted by Gasteiger charge is 2.35. The van der Waals surface area contributed by atoms with Crippen LogP contribution < -0.4 is 16.0 Å². The minimum absolute atomic E-state index is 0.0816. The normalized spacial score (nSPS) is 19.5. The zero-order valence-electron chi connectivity index (χ0n) is 19.3. The maximum Gasteiger partial charge on any atom is 0.328 e. The number of hydrogen-bond acceptors (Lipinski definition) is 5. The molecule has 3 atom stereocenters. The number of fused-ring (bicyclic) bond motifs is 1. The van der Waals surface area contributed by atoms with Gasteiger partial charge in [0.1, 0.15) is 23.6 Å². The first-order valence-electron chi connectivity index (χ1n) is 11.7. The molecule has 0 unspecified atom stereocenters. The van der Waals surface area contributed by atoms with E-state index in [-0.39, 0.29) is 34.3 Å². The van der Waals surface area contributed by atoms with Crippen molar-refractivity contribution in [1.29, 1.82) is 0 Å². The van der Waals surface area contributed by atoms with Crippen LogP contribution in [0.25, 0.3) is 10.9 Å². The maximum atomic E-state index is 14.2. The molecule has 3 amide bonds. The fourth-order valence-electron chi connectivity index (χ4n) is 4.41. The molecule has 2 aromatic rings. The molecule has 1 saturated heterocycles. The molecule has 35 heavy (non-hydrogen) atoms. The minimum Gasteiger partial charge on any atom is -0.467 e. The molecule has 0 spiro atoms. The highest BCUT2D eigenvalue weighted by atomic mass is 35.5. The van der Waals surface area contributed by atoms with Gasteiger partial charge in [0.2, 0.25) is 11.8 Å². The molecule has 1 saturated carbocycles. The van der Waals surface area contributed by atoms with Gasteiger partial charge in [-0.1, -0.05) is 24.4 Å². The predicted molar refractivity (Wildman–Crippen MR) is 126 cm³/mol. The van der Waals surface area contributed by atoms with Crippen LogP contribution in [-0.4, -0.2) is 54.4 Å². The summed E-state index contributed by atoms with van der Waals surface area (Å²) in [6.07, 6.45) is 3.79. The number of carbonyl (C=O) groups is 4. The average molecular weight is 507 g/mol. The van der Waals surface area contributed by atoms with Crippen molar-refractivity contribution < 1.29 is 28.3 Å². The quantitative estimate of drug-likeness (QED) is 0.388. The monoisotopic (exact) mass is 506 g/mol. The van der Waals surface area contributed by atoms with E-state index in [2.05, 4.69) is 20.9 Å². The van der Waals surface area contributed by atoms with Crippen LogP contribution in [0.2, 0.25) is 5.02 Å². The van der Waals surface area contributed by atoms with E-state index in [1.54, 1.807) is 0 Å². The number of piperidine rings is 1. The summed E-state index contributed by atoms with van der Waals surface area (Å²) in [6.45, 7) is 0.587. The third-order valence-corrected chi connectivity index (χ3v) is 6.72. The Morgan fingerprint density at radius 2 is 1.91 bits per heavy atom. The van der Waals surface area contributed by atoms with E-state index in [0.717, 1.165) is 25.3 Å². The highest BCUT2D eigenvalue weighted by molar-refractivity contribution is 6.31. The molecule has 188 valence electrons. The van der Waals surface area contributed by atoms with Gasteiger partial charge in [-0.05, 0) is 49.8 Å². The molecule has 4 rings (SSSR count). The van der Waals surface area contributed by atoms with E-state index in [1.165, 1.54) is 19.2 Å². The molecule has 1 aromatic heterocycles. The minimum atomic E-state index is -1.02. The third-order valence-electron chi connectivity index (χ3n) is 6.51. The summed E-state index contributed by atoms with van der Waals surface area (Å²) in [4.78, 5) is 53.5. The Balaban J connectivity index is 1.48. The fourth-order valence-corrected chi connectivity index (χ4v) is 4.62. The second kappa shape index (κ2) is 10.6. The maximum absolute atomic E-state index is 14.2. The summed E-state index contributed by atoms with van der Waals surface area (Å²) < 4.78 is 19.0. The second-order valence-corrected chi connectivity index (χ2v) is 9.62. The Hall–Kier alpha value is -3.14. The first kappa shape index (κ1) is 25.0. The van der Waals surface area contributed by atoms with Crippen molar-refractivity contribution in [3.05, 3.63) is 34.7 Å².